The van der Waals surface area contributed by atoms with Crippen LogP contribution < -0.4 is 4.74 Å². The van der Waals surface area contributed by atoms with Crippen LogP contribution in [0.2, 0.25) is 0 Å². The van der Waals surface area contributed by atoms with Crippen molar-refractivity contribution in [3.05, 3.63) is 53.3 Å². The minimum Gasteiger partial charge on any atom is -0.457 e. The van der Waals surface area contributed by atoms with Crippen LogP contribution >= 0.6 is 11.6 Å². The van der Waals surface area contributed by atoms with E-state index < -0.39 is 0 Å². The van der Waals surface area contributed by atoms with E-state index in [1.165, 1.54) is 11.1 Å². The third kappa shape index (κ3) is 2.77. The number of benzene rings is 1. The lowest BCUT2D eigenvalue weighted by Crippen LogP contribution is -1.91. The van der Waals surface area contributed by atoms with Gasteiger partial charge in [0.15, 0.2) is 0 Å². The van der Waals surface area contributed by atoms with Gasteiger partial charge in [0.1, 0.15) is 11.5 Å². The average molecular weight is 248 g/mol. The Hall–Kier alpha value is -1.54. The second kappa shape index (κ2) is 5.19. The van der Waals surface area contributed by atoms with Crippen LogP contribution in [0.1, 0.15) is 16.7 Å². The van der Waals surface area contributed by atoms with E-state index in [1.807, 2.05) is 24.3 Å². The van der Waals surface area contributed by atoms with Gasteiger partial charge in [0.25, 0.3) is 0 Å². The first-order valence-electron chi connectivity index (χ1n) is 5.44. The number of ether oxygens (including phenoxy) is 1. The summed E-state index contributed by atoms with van der Waals surface area (Å²) in [5.74, 6) is 1.98. The van der Waals surface area contributed by atoms with Crippen LogP contribution in [-0.4, -0.2) is 4.98 Å². The van der Waals surface area contributed by atoms with Gasteiger partial charge in [-0.05, 0) is 43.2 Å². The van der Waals surface area contributed by atoms with E-state index in [4.69, 9.17) is 16.3 Å². The summed E-state index contributed by atoms with van der Waals surface area (Å²) in [6, 6.07) is 7.85. The normalized spacial score (nSPS) is 10.3. The monoisotopic (exact) mass is 247 g/mol. The number of aromatic nitrogens is 1. The molecule has 1 aromatic carbocycles. The van der Waals surface area contributed by atoms with Crippen molar-refractivity contribution in [2.75, 3.05) is 0 Å². The first-order chi connectivity index (χ1) is 8.20. The zero-order chi connectivity index (χ0) is 12.3. The van der Waals surface area contributed by atoms with Gasteiger partial charge in [-0.1, -0.05) is 6.07 Å². The number of hydrogen-bond acceptors (Lipinski definition) is 2. The first-order valence-corrected chi connectivity index (χ1v) is 5.98. The minimum atomic E-state index is 0.397. The maximum atomic E-state index is 5.83. The molecule has 0 fully saturated rings. The number of rotatable bonds is 3. The largest absolute Gasteiger partial charge is 0.457 e. The number of aryl methyl sites for hydroxylation is 2. The lowest BCUT2D eigenvalue weighted by atomic mass is 10.1. The van der Waals surface area contributed by atoms with Crippen LogP contribution in [0.25, 0.3) is 0 Å². The maximum absolute atomic E-state index is 5.83. The summed E-state index contributed by atoms with van der Waals surface area (Å²) >= 11 is 5.83. The number of alkyl halides is 1. The highest BCUT2D eigenvalue weighted by Crippen LogP contribution is 2.26. The molecule has 1 aromatic heterocycles. The van der Waals surface area contributed by atoms with Gasteiger partial charge in [0.05, 0.1) is 5.88 Å². The molecule has 0 saturated carbocycles. The predicted molar refractivity (Wildman–Crippen MR) is 69.8 cm³/mol. The summed E-state index contributed by atoms with van der Waals surface area (Å²) in [5, 5.41) is 0. The van der Waals surface area contributed by atoms with E-state index in [9.17, 15) is 0 Å². The highest BCUT2D eigenvalue weighted by atomic mass is 35.5. The zero-order valence-electron chi connectivity index (χ0n) is 9.90. The van der Waals surface area contributed by atoms with Crippen molar-refractivity contribution in [2.45, 2.75) is 19.7 Å². The van der Waals surface area contributed by atoms with Gasteiger partial charge >= 0.3 is 0 Å². The number of hydrogen-bond donors (Lipinski definition) is 0. The summed E-state index contributed by atoms with van der Waals surface area (Å²) in [7, 11) is 0. The van der Waals surface area contributed by atoms with Crippen LogP contribution in [0.15, 0.2) is 36.7 Å². The average Bonchev–Trinajstić information content (AvgIpc) is 2.34. The Kier molecular flexibility index (Phi) is 3.64. The molecule has 2 aromatic rings. The van der Waals surface area contributed by atoms with Crippen LogP contribution in [0, 0.1) is 13.8 Å². The Morgan fingerprint density at radius 1 is 1.18 bits per heavy atom. The van der Waals surface area contributed by atoms with Gasteiger partial charge in [-0.15, -0.1) is 11.6 Å². The Morgan fingerprint density at radius 2 is 2.00 bits per heavy atom. The summed E-state index contributed by atoms with van der Waals surface area (Å²) in [5.41, 5.74) is 3.36. The molecule has 0 atom stereocenters. The molecule has 0 aliphatic heterocycles. The standard InChI is InChI=1S/C14H14ClNO/c1-10-3-4-13(7-11(10)2)17-14-5-6-16-9-12(14)8-15/h3-7,9H,8H2,1-2H3. The van der Waals surface area contributed by atoms with E-state index >= 15 is 0 Å². The Labute approximate surface area is 106 Å². The highest BCUT2D eigenvalue weighted by Gasteiger charge is 2.04. The van der Waals surface area contributed by atoms with Crippen molar-refractivity contribution in [1.29, 1.82) is 0 Å². The fraction of sp³-hybridized carbons (Fsp3) is 0.214. The van der Waals surface area contributed by atoms with E-state index in [0.29, 0.717) is 5.88 Å². The molecule has 17 heavy (non-hydrogen) atoms. The van der Waals surface area contributed by atoms with E-state index in [2.05, 4.69) is 18.8 Å². The predicted octanol–water partition coefficient (Wildman–Crippen LogP) is 4.23. The van der Waals surface area contributed by atoms with Gasteiger partial charge < -0.3 is 4.74 Å². The van der Waals surface area contributed by atoms with E-state index in [1.54, 1.807) is 12.4 Å². The van der Waals surface area contributed by atoms with Crippen LogP contribution in [0.4, 0.5) is 0 Å². The molecule has 3 heteroatoms. The van der Waals surface area contributed by atoms with Gasteiger partial charge in [-0.25, -0.2) is 0 Å². The Bertz CT molecular complexity index is 525. The Morgan fingerprint density at radius 3 is 2.71 bits per heavy atom. The molecule has 2 rings (SSSR count). The van der Waals surface area contributed by atoms with Crippen molar-refractivity contribution in [1.82, 2.24) is 4.98 Å². The topological polar surface area (TPSA) is 22.1 Å². The van der Waals surface area contributed by atoms with Crippen molar-refractivity contribution < 1.29 is 4.74 Å². The third-order valence-corrected chi connectivity index (χ3v) is 3.00. The number of pyridine rings is 1. The molecule has 88 valence electrons. The molecule has 0 amide bonds. The molecule has 0 unspecified atom stereocenters. The molecule has 0 radical (unpaired) electrons. The number of halogens is 1. The lowest BCUT2D eigenvalue weighted by Gasteiger charge is -2.10. The molecular weight excluding hydrogens is 234 g/mol. The minimum absolute atomic E-state index is 0.397. The molecule has 0 bridgehead atoms. The quantitative estimate of drug-likeness (QED) is 0.758. The molecule has 0 spiro atoms. The van der Waals surface area contributed by atoms with Crippen molar-refractivity contribution in [2.24, 2.45) is 0 Å². The SMILES string of the molecule is Cc1ccc(Oc2ccncc2CCl)cc1C. The molecule has 2 nitrogen and oxygen atoms in total. The summed E-state index contributed by atoms with van der Waals surface area (Å²) in [4.78, 5) is 4.03. The highest BCUT2D eigenvalue weighted by molar-refractivity contribution is 6.17. The molecular formula is C14H14ClNO. The van der Waals surface area contributed by atoms with E-state index in [0.717, 1.165) is 17.1 Å². The molecule has 0 N–H and O–H groups in total. The van der Waals surface area contributed by atoms with Gasteiger partial charge in [-0.3, -0.25) is 4.98 Å². The second-order valence-electron chi connectivity index (χ2n) is 3.97. The first kappa shape index (κ1) is 11.9. The number of nitrogens with zero attached hydrogens (tertiary/aromatic N) is 1. The van der Waals surface area contributed by atoms with Crippen LogP contribution in [0.5, 0.6) is 11.5 Å². The van der Waals surface area contributed by atoms with Crippen LogP contribution in [0.3, 0.4) is 0 Å². The van der Waals surface area contributed by atoms with E-state index in [-0.39, 0.29) is 0 Å². The molecule has 1 heterocycles. The van der Waals surface area contributed by atoms with Crippen molar-refractivity contribution >= 4 is 11.6 Å². The van der Waals surface area contributed by atoms with Gasteiger partial charge in [-0.2, -0.15) is 0 Å². The lowest BCUT2D eigenvalue weighted by molar-refractivity contribution is 0.477. The Balaban J connectivity index is 2.28. The fourth-order valence-electron chi connectivity index (χ4n) is 1.52. The smallest absolute Gasteiger partial charge is 0.134 e. The molecule has 0 saturated heterocycles. The summed E-state index contributed by atoms with van der Waals surface area (Å²) in [6.45, 7) is 4.15. The zero-order valence-corrected chi connectivity index (χ0v) is 10.7. The van der Waals surface area contributed by atoms with Crippen LogP contribution in [-0.2, 0) is 5.88 Å². The molecule has 0 aliphatic carbocycles. The van der Waals surface area contributed by atoms with Gasteiger partial charge in [0, 0.05) is 18.0 Å². The van der Waals surface area contributed by atoms with Crippen molar-refractivity contribution in [3.8, 4) is 11.5 Å². The van der Waals surface area contributed by atoms with Crippen molar-refractivity contribution in [3.63, 3.8) is 0 Å². The molecule has 0 aliphatic rings. The summed E-state index contributed by atoms with van der Waals surface area (Å²) in [6.07, 6.45) is 3.43. The fourth-order valence-corrected chi connectivity index (χ4v) is 1.72. The second-order valence-corrected chi connectivity index (χ2v) is 4.23. The maximum Gasteiger partial charge on any atom is 0.134 e. The third-order valence-electron chi connectivity index (χ3n) is 2.71. The van der Waals surface area contributed by atoms with Gasteiger partial charge in [0.2, 0.25) is 0 Å². The summed E-state index contributed by atoms with van der Waals surface area (Å²) < 4.78 is 5.81.